The average molecular weight is 418 g/mol. The van der Waals surface area contributed by atoms with Gasteiger partial charge in [0.1, 0.15) is 0 Å². The Hall–Kier alpha value is -2.12. The molecule has 30 heavy (non-hydrogen) atoms. The fraction of sp³-hybridized carbons (Fsp3) is 0.652. The van der Waals surface area contributed by atoms with Crippen LogP contribution >= 0.6 is 0 Å². The van der Waals surface area contributed by atoms with Gasteiger partial charge in [-0.05, 0) is 24.1 Å². The van der Waals surface area contributed by atoms with Gasteiger partial charge in [-0.2, -0.15) is 0 Å². The first-order valence-corrected chi connectivity index (χ1v) is 11.4. The van der Waals surface area contributed by atoms with E-state index in [4.69, 9.17) is 10.5 Å². The van der Waals surface area contributed by atoms with Crippen LogP contribution in [-0.4, -0.2) is 56.2 Å². The molecule has 0 unspecified atom stereocenters. The molecular weight excluding hydrogens is 378 g/mol. The lowest BCUT2D eigenvalue weighted by molar-refractivity contribution is -0.116. The van der Waals surface area contributed by atoms with E-state index in [1.807, 2.05) is 24.3 Å². The van der Waals surface area contributed by atoms with E-state index in [0.29, 0.717) is 18.9 Å². The molecule has 0 bridgehead atoms. The smallest absolute Gasteiger partial charge is 0.225 e. The van der Waals surface area contributed by atoms with Crippen LogP contribution in [0.3, 0.4) is 0 Å². The van der Waals surface area contributed by atoms with Crippen molar-refractivity contribution in [3.63, 3.8) is 0 Å². The van der Waals surface area contributed by atoms with Crippen LogP contribution in [0.4, 0.5) is 5.69 Å². The van der Waals surface area contributed by atoms with Crippen molar-refractivity contribution in [2.75, 3.05) is 44.7 Å². The van der Waals surface area contributed by atoms with Crippen molar-refractivity contribution in [3.05, 3.63) is 29.8 Å². The van der Waals surface area contributed by atoms with E-state index in [2.05, 4.69) is 27.4 Å². The second kappa shape index (κ2) is 14.8. The van der Waals surface area contributed by atoms with Crippen molar-refractivity contribution >= 4 is 17.6 Å². The molecule has 1 aromatic rings. The monoisotopic (exact) mass is 417 g/mol. The number of morpholine rings is 1. The van der Waals surface area contributed by atoms with E-state index in [-0.39, 0.29) is 5.91 Å². The molecule has 168 valence electrons. The van der Waals surface area contributed by atoms with Crippen LogP contribution in [0.25, 0.3) is 0 Å². The van der Waals surface area contributed by atoms with Crippen LogP contribution < -0.4 is 16.4 Å². The number of rotatable bonds is 13. The number of anilines is 1. The van der Waals surface area contributed by atoms with Gasteiger partial charge in [0, 0.05) is 38.3 Å². The molecule has 1 amide bonds. The molecule has 0 aliphatic carbocycles. The highest BCUT2D eigenvalue weighted by molar-refractivity contribution is 5.90. The molecule has 1 aromatic carbocycles. The molecule has 1 fully saturated rings. The summed E-state index contributed by atoms with van der Waals surface area (Å²) in [6.07, 6.45) is 8.04. The van der Waals surface area contributed by atoms with Crippen molar-refractivity contribution < 1.29 is 9.53 Å². The van der Waals surface area contributed by atoms with E-state index in [1.54, 1.807) is 0 Å². The number of guanidine groups is 1. The molecule has 0 radical (unpaired) electrons. The Labute approximate surface area is 181 Å². The standard InChI is InChI=1S/C23H39N5O2/c1-2-3-4-5-6-7-12-25-23(24)26-19-20-9-8-10-21(18-20)27-22(29)11-13-28-14-16-30-17-15-28/h8-10,18H,2-7,11-17,19H2,1H3,(H,27,29)(H3,24,25,26). The number of aliphatic imine (C=N–C) groups is 1. The van der Waals surface area contributed by atoms with E-state index < -0.39 is 0 Å². The zero-order chi connectivity index (χ0) is 21.4. The average Bonchev–Trinajstić information content (AvgIpc) is 2.77. The number of nitrogens with zero attached hydrogens (tertiary/aromatic N) is 2. The first-order valence-electron chi connectivity index (χ1n) is 11.4. The van der Waals surface area contributed by atoms with Gasteiger partial charge in [0.05, 0.1) is 19.8 Å². The summed E-state index contributed by atoms with van der Waals surface area (Å²) in [6.45, 7) is 7.65. The minimum atomic E-state index is 0.0299. The lowest BCUT2D eigenvalue weighted by Gasteiger charge is -2.26. The van der Waals surface area contributed by atoms with Gasteiger partial charge in [-0.25, -0.2) is 4.99 Å². The van der Waals surface area contributed by atoms with Gasteiger partial charge in [0.25, 0.3) is 0 Å². The van der Waals surface area contributed by atoms with Crippen LogP contribution in [0.5, 0.6) is 0 Å². The van der Waals surface area contributed by atoms with Crippen molar-refractivity contribution in [1.82, 2.24) is 10.2 Å². The van der Waals surface area contributed by atoms with Crippen molar-refractivity contribution in [2.45, 2.75) is 58.4 Å². The van der Waals surface area contributed by atoms with Gasteiger partial charge in [-0.3, -0.25) is 9.69 Å². The number of carbonyl (C=O) groups excluding carboxylic acids is 1. The number of benzene rings is 1. The summed E-state index contributed by atoms with van der Waals surface area (Å²) in [7, 11) is 0. The van der Waals surface area contributed by atoms with E-state index in [1.165, 1.54) is 32.1 Å². The van der Waals surface area contributed by atoms with Crippen molar-refractivity contribution in [3.8, 4) is 0 Å². The van der Waals surface area contributed by atoms with Crippen molar-refractivity contribution in [2.24, 2.45) is 10.7 Å². The molecule has 1 aliphatic heterocycles. The topological polar surface area (TPSA) is 92.0 Å². The summed E-state index contributed by atoms with van der Waals surface area (Å²) in [4.78, 5) is 18.9. The molecule has 0 spiro atoms. The van der Waals surface area contributed by atoms with Gasteiger partial charge >= 0.3 is 0 Å². The summed E-state index contributed by atoms with van der Waals surface area (Å²) in [6, 6.07) is 7.79. The number of hydrogen-bond donors (Lipinski definition) is 3. The number of nitrogens with two attached hydrogens (primary N) is 1. The fourth-order valence-electron chi connectivity index (χ4n) is 3.41. The number of hydrogen-bond acceptors (Lipinski definition) is 4. The predicted molar refractivity (Wildman–Crippen MR) is 124 cm³/mol. The van der Waals surface area contributed by atoms with Gasteiger partial charge < -0.3 is 21.1 Å². The largest absolute Gasteiger partial charge is 0.379 e. The summed E-state index contributed by atoms with van der Waals surface area (Å²) in [5.74, 6) is 0.505. The maximum atomic E-state index is 12.2. The second-order valence-corrected chi connectivity index (χ2v) is 7.85. The Morgan fingerprint density at radius 3 is 2.73 bits per heavy atom. The van der Waals surface area contributed by atoms with Gasteiger partial charge in [0.15, 0.2) is 5.96 Å². The van der Waals surface area contributed by atoms with Gasteiger partial charge in [0.2, 0.25) is 5.91 Å². The minimum Gasteiger partial charge on any atom is -0.379 e. The molecule has 2 rings (SSSR count). The van der Waals surface area contributed by atoms with Gasteiger partial charge in [-0.15, -0.1) is 0 Å². The third kappa shape index (κ3) is 10.6. The molecule has 1 aliphatic rings. The lowest BCUT2D eigenvalue weighted by atomic mass is 10.1. The SMILES string of the molecule is CCCCCCCCNC(N)=NCc1cccc(NC(=O)CCN2CCOCC2)c1. The maximum absolute atomic E-state index is 12.2. The number of carbonyl (C=O) groups is 1. The summed E-state index contributed by atoms with van der Waals surface area (Å²) in [5.41, 5.74) is 7.79. The second-order valence-electron chi connectivity index (χ2n) is 7.85. The fourth-order valence-corrected chi connectivity index (χ4v) is 3.41. The third-order valence-corrected chi connectivity index (χ3v) is 5.24. The van der Waals surface area contributed by atoms with Crippen LogP contribution in [0.15, 0.2) is 29.3 Å². The molecule has 0 saturated carbocycles. The first-order chi connectivity index (χ1) is 14.7. The number of nitrogens with one attached hydrogen (secondary N) is 2. The summed E-state index contributed by atoms with van der Waals surface area (Å²) in [5, 5.41) is 6.16. The molecule has 0 aromatic heterocycles. The Balaban J connectivity index is 1.66. The number of amides is 1. The highest BCUT2D eigenvalue weighted by Crippen LogP contribution is 2.12. The number of ether oxygens (including phenoxy) is 1. The van der Waals surface area contributed by atoms with E-state index >= 15 is 0 Å². The highest BCUT2D eigenvalue weighted by Gasteiger charge is 2.12. The quantitative estimate of drug-likeness (QED) is 0.261. The number of unbranched alkanes of at least 4 members (excludes halogenated alkanes) is 5. The third-order valence-electron chi connectivity index (χ3n) is 5.24. The molecule has 7 heteroatoms. The zero-order valence-corrected chi connectivity index (χ0v) is 18.5. The van der Waals surface area contributed by atoms with Crippen LogP contribution in [0, 0.1) is 0 Å². The molecule has 1 heterocycles. The Kier molecular flexibility index (Phi) is 11.9. The van der Waals surface area contributed by atoms with Crippen LogP contribution in [0.1, 0.15) is 57.4 Å². The minimum absolute atomic E-state index is 0.0299. The van der Waals surface area contributed by atoms with E-state index in [0.717, 1.165) is 57.1 Å². The molecule has 4 N–H and O–H groups in total. The first kappa shape index (κ1) is 24.2. The molecule has 7 nitrogen and oxygen atoms in total. The lowest BCUT2D eigenvalue weighted by Crippen LogP contribution is -2.38. The molecule has 0 atom stereocenters. The molecule has 1 saturated heterocycles. The Bertz CT molecular complexity index is 644. The Morgan fingerprint density at radius 2 is 1.93 bits per heavy atom. The van der Waals surface area contributed by atoms with E-state index in [9.17, 15) is 4.79 Å². The van der Waals surface area contributed by atoms with Gasteiger partial charge in [-0.1, -0.05) is 51.2 Å². The predicted octanol–water partition coefficient (Wildman–Crippen LogP) is 3.11. The Morgan fingerprint density at radius 1 is 1.17 bits per heavy atom. The molecular formula is C23H39N5O2. The van der Waals surface area contributed by atoms with Crippen molar-refractivity contribution in [1.29, 1.82) is 0 Å². The summed E-state index contributed by atoms with van der Waals surface area (Å²) < 4.78 is 5.33. The zero-order valence-electron chi connectivity index (χ0n) is 18.5. The maximum Gasteiger partial charge on any atom is 0.225 e. The van der Waals surface area contributed by atoms with Crippen LogP contribution in [0.2, 0.25) is 0 Å². The van der Waals surface area contributed by atoms with Crippen LogP contribution in [-0.2, 0) is 16.1 Å². The summed E-state index contributed by atoms with van der Waals surface area (Å²) >= 11 is 0. The normalized spacial score (nSPS) is 15.2. The highest BCUT2D eigenvalue weighted by atomic mass is 16.5.